The zero-order valence-corrected chi connectivity index (χ0v) is 42.7. The predicted molar refractivity (Wildman–Crippen MR) is 292 cm³/mol. The number of para-hydroxylation sites is 2. The van der Waals surface area contributed by atoms with Crippen LogP contribution >= 0.6 is 0 Å². The second-order valence-electron chi connectivity index (χ2n) is 21.4. The highest BCUT2D eigenvalue weighted by Crippen LogP contribution is 2.53. The van der Waals surface area contributed by atoms with Crippen molar-refractivity contribution in [2.75, 3.05) is 23.7 Å². The molecule has 0 spiro atoms. The van der Waals surface area contributed by atoms with Gasteiger partial charge in [0.15, 0.2) is 0 Å². The van der Waals surface area contributed by atoms with E-state index in [1.165, 1.54) is 0 Å². The summed E-state index contributed by atoms with van der Waals surface area (Å²) < 4.78 is 0. The van der Waals surface area contributed by atoms with Gasteiger partial charge in [0.1, 0.15) is 0 Å². The Morgan fingerprint density at radius 2 is 0.816 bits per heavy atom. The quantitative estimate of drug-likeness (QED) is 0.117. The second-order valence-corrected chi connectivity index (χ2v) is 21.4. The third kappa shape index (κ3) is 10.0. The van der Waals surface area contributed by atoms with Gasteiger partial charge in [-0.25, -0.2) is 0 Å². The van der Waals surface area contributed by atoms with Crippen molar-refractivity contribution in [2.45, 2.75) is 100 Å². The van der Waals surface area contributed by atoms with Crippen LogP contribution in [0.2, 0.25) is 0 Å². The summed E-state index contributed by atoms with van der Waals surface area (Å²) in [7, 11) is 0. The van der Waals surface area contributed by atoms with E-state index in [-0.39, 0.29) is 83.6 Å². The first-order chi connectivity index (χ1) is 37.3. The van der Waals surface area contributed by atoms with E-state index in [1.54, 1.807) is 0 Å². The second kappa shape index (κ2) is 22.3. The number of amides is 4. The third-order valence-corrected chi connectivity index (χ3v) is 17.2. The van der Waals surface area contributed by atoms with Crippen molar-refractivity contribution in [1.29, 1.82) is 10.5 Å². The van der Waals surface area contributed by atoms with Gasteiger partial charge in [0.2, 0.25) is 11.8 Å². The van der Waals surface area contributed by atoms with Crippen LogP contribution in [0.4, 0.5) is 11.4 Å². The minimum atomic E-state index is -0.217. The van der Waals surface area contributed by atoms with Gasteiger partial charge in [-0.15, -0.1) is 0 Å². The summed E-state index contributed by atoms with van der Waals surface area (Å²) in [6.45, 7) is 1.40. The monoisotopic (exact) mass is 1010 g/mol. The van der Waals surface area contributed by atoms with E-state index >= 15 is 0 Å². The molecule has 0 aromatic heterocycles. The Balaban J connectivity index is 0.000000162. The summed E-state index contributed by atoms with van der Waals surface area (Å²) in [6.07, 6.45) is 9.07. The number of hydrogen-bond donors (Lipinski definition) is 4. The molecule has 384 valence electrons. The van der Waals surface area contributed by atoms with E-state index in [2.05, 4.69) is 67.5 Å². The first-order valence-corrected chi connectivity index (χ1v) is 27.3. The summed E-state index contributed by atoms with van der Waals surface area (Å²) in [6, 6.07) is 54.9. The molecule has 0 radical (unpaired) electrons. The number of likely N-dealkylation sites (tertiary alicyclic amines) is 2. The Hall–Kier alpha value is -8.22. The highest BCUT2D eigenvalue weighted by molar-refractivity contribution is 5.95. The number of benzene rings is 6. The fraction of sp³-hybridized carbons (Fsp3) is 0.344. The number of carbonyl (C=O) groups excluding carboxylic acids is 4. The van der Waals surface area contributed by atoms with Gasteiger partial charge in [0.25, 0.3) is 11.8 Å². The van der Waals surface area contributed by atoms with Gasteiger partial charge in [-0.05, 0) is 121 Å². The van der Waals surface area contributed by atoms with Crippen LogP contribution in [0.1, 0.15) is 142 Å². The smallest absolute Gasteiger partial charge is 0.251 e. The molecule has 6 aliphatic rings. The van der Waals surface area contributed by atoms with Gasteiger partial charge >= 0.3 is 0 Å². The lowest BCUT2D eigenvalue weighted by molar-refractivity contribution is -0.139. The average Bonchev–Trinajstić information content (AvgIpc) is 4.14. The lowest BCUT2D eigenvalue weighted by Crippen LogP contribution is -2.50. The van der Waals surface area contributed by atoms with Crippen molar-refractivity contribution in [2.24, 2.45) is 23.7 Å². The van der Waals surface area contributed by atoms with Gasteiger partial charge in [-0.2, -0.15) is 10.5 Å². The summed E-state index contributed by atoms with van der Waals surface area (Å²) in [5.74, 6) is 0.115. The number of carbonyl (C=O) groups is 4. The highest BCUT2D eigenvalue weighted by Gasteiger charge is 2.50. The first kappa shape index (κ1) is 50.0. The molecule has 12 rings (SSSR count). The molecule has 4 aliphatic heterocycles. The van der Waals surface area contributed by atoms with Gasteiger partial charge in [0.05, 0.1) is 59.3 Å². The van der Waals surface area contributed by atoms with Crippen molar-refractivity contribution < 1.29 is 19.2 Å². The fourth-order valence-corrected chi connectivity index (χ4v) is 13.4. The van der Waals surface area contributed by atoms with Crippen LogP contribution in [0.15, 0.2) is 158 Å². The molecule has 4 fully saturated rings. The molecule has 2 saturated carbocycles. The van der Waals surface area contributed by atoms with Crippen LogP contribution in [-0.2, 0) is 9.59 Å². The van der Waals surface area contributed by atoms with Crippen LogP contribution in [-0.4, -0.2) is 58.6 Å². The normalized spacial score (nSPS) is 25.9. The molecular formula is C64H64N8O4. The minimum Gasteiger partial charge on any atom is -0.378 e. The van der Waals surface area contributed by atoms with E-state index in [9.17, 15) is 29.7 Å². The number of nitriles is 2. The average molecular weight is 1010 g/mol. The lowest BCUT2D eigenvalue weighted by atomic mass is 9.79. The Labute approximate surface area is 445 Å². The zero-order valence-electron chi connectivity index (χ0n) is 42.7. The van der Waals surface area contributed by atoms with Gasteiger partial charge in [0, 0.05) is 59.5 Å². The van der Waals surface area contributed by atoms with Crippen LogP contribution in [0, 0.1) is 46.3 Å². The van der Waals surface area contributed by atoms with Crippen molar-refractivity contribution >= 4 is 35.0 Å². The number of hydrogen-bond acceptors (Lipinski definition) is 8. The molecule has 4 N–H and O–H groups in total. The Bertz CT molecular complexity index is 2940. The largest absolute Gasteiger partial charge is 0.378 e. The van der Waals surface area contributed by atoms with Gasteiger partial charge in [-0.3, -0.25) is 19.2 Å². The van der Waals surface area contributed by atoms with Crippen LogP contribution in [0.5, 0.6) is 0 Å². The van der Waals surface area contributed by atoms with Gasteiger partial charge < -0.3 is 31.1 Å². The Morgan fingerprint density at radius 3 is 1.21 bits per heavy atom. The van der Waals surface area contributed by atoms with Crippen molar-refractivity contribution in [1.82, 2.24) is 20.4 Å². The summed E-state index contributed by atoms with van der Waals surface area (Å²) in [5.41, 5.74) is 9.24. The first-order valence-electron chi connectivity index (χ1n) is 27.3. The minimum absolute atomic E-state index is 0.0204. The fourth-order valence-electron chi connectivity index (χ4n) is 13.4. The molecule has 0 unspecified atom stereocenters. The molecule has 12 nitrogen and oxygen atoms in total. The molecule has 4 heterocycles. The molecule has 4 amide bonds. The maximum atomic E-state index is 14.2. The van der Waals surface area contributed by atoms with Crippen molar-refractivity contribution in [3.63, 3.8) is 0 Å². The van der Waals surface area contributed by atoms with Crippen LogP contribution in [0.3, 0.4) is 0 Å². The molecule has 76 heavy (non-hydrogen) atoms. The van der Waals surface area contributed by atoms with Crippen molar-refractivity contribution in [3.8, 4) is 12.1 Å². The Morgan fingerprint density at radius 1 is 0.447 bits per heavy atom. The molecule has 0 bridgehead atoms. The lowest BCUT2D eigenvalue weighted by Gasteiger charge is -2.42. The third-order valence-electron chi connectivity index (χ3n) is 17.2. The zero-order chi connectivity index (χ0) is 52.1. The molecule has 6 aromatic rings. The molecule has 2 aliphatic carbocycles. The number of fused-ring (bicyclic) bond motifs is 6. The van der Waals surface area contributed by atoms with Crippen molar-refractivity contribution in [3.05, 3.63) is 202 Å². The number of anilines is 2. The maximum Gasteiger partial charge on any atom is 0.251 e. The number of rotatable bonds is 8. The molecule has 2 saturated heterocycles. The topological polar surface area (TPSA) is 170 Å². The predicted octanol–water partition coefficient (Wildman–Crippen LogP) is 11.2. The molecule has 6 aromatic carbocycles. The Kier molecular flexibility index (Phi) is 14.7. The standard InChI is InChI=1S/2C32H32N4O2/c2*33-20-21-14-16-22(17-15-21)29-26-18-19-36(30(26)24-10-4-6-12-27(24)34-29)32(38)25-11-5-7-13-28(25)35-31(37)23-8-2-1-3-9-23/h2*1-4,6,8-10,12,14-17,25-26,28-30,34H,5,7,11,13,18-19H2,(H,35,37)/t25-,26+,28+,29-,30-;25-,26-,28+,29+,30+/m00/s1. The van der Waals surface area contributed by atoms with Crippen LogP contribution in [0.25, 0.3) is 0 Å². The van der Waals surface area contributed by atoms with E-state index in [1.807, 2.05) is 133 Å². The summed E-state index contributed by atoms with van der Waals surface area (Å²) >= 11 is 0. The summed E-state index contributed by atoms with van der Waals surface area (Å²) in [5, 5.41) is 32.4. The number of nitrogens with one attached hydrogen (secondary N) is 4. The summed E-state index contributed by atoms with van der Waals surface area (Å²) in [4.78, 5) is 58.6. The molecular weight excluding hydrogens is 945 g/mol. The SMILES string of the molecule is N#Cc1ccc([C@@H]2Nc3ccccc3[C@H]3[C@@H]2CCN3C(=O)[C@H]2CCCC[C@H]2NC(=O)c2ccccc2)cc1.N#Cc1ccc([C@H]2Nc3ccccc3[C@@H]3[C@H]2CCN3C(=O)[C@H]2CCCC[C@H]2NC(=O)c2ccccc2)cc1. The molecule has 12 heteroatoms. The maximum absolute atomic E-state index is 14.2. The van der Waals surface area contributed by atoms with Crippen LogP contribution < -0.4 is 21.3 Å². The van der Waals surface area contributed by atoms with E-state index in [0.29, 0.717) is 35.3 Å². The van der Waals surface area contributed by atoms with E-state index in [4.69, 9.17) is 0 Å². The number of nitrogens with zero attached hydrogens (tertiary/aromatic N) is 4. The van der Waals surface area contributed by atoms with Gasteiger partial charge in [-0.1, -0.05) is 123 Å². The molecule has 10 atom stereocenters. The van der Waals surface area contributed by atoms with E-state index in [0.717, 1.165) is 97.8 Å². The highest BCUT2D eigenvalue weighted by atomic mass is 16.2. The van der Waals surface area contributed by atoms with E-state index < -0.39 is 0 Å².